The zero-order valence-corrected chi connectivity index (χ0v) is 11.8. The molecule has 0 bridgehead atoms. The average molecular weight is 274 g/mol. The Balaban J connectivity index is 1.50. The lowest BCUT2D eigenvalue weighted by Crippen LogP contribution is -2.49. The van der Waals surface area contributed by atoms with E-state index in [0.29, 0.717) is 6.04 Å². The number of fused-ring (bicyclic) bond motifs is 2. The van der Waals surface area contributed by atoms with Gasteiger partial charge in [0.2, 0.25) is 0 Å². The summed E-state index contributed by atoms with van der Waals surface area (Å²) in [6, 6.07) is 6.94. The molecule has 3 aliphatic rings. The number of hydrogen-bond acceptors (Lipinski definition) is 4. The van der Waals surface area contributed by atoms with Crippen molar-refractivity contribution in [3.8, 4) is 5.75 Å². The Morgan fingerprint density at radius 3 is 3.25 bits per heavy atom. The number of rotatable bonds is 2. The summed E-state index contributed by atoms with van der Waals surface area (Å²) in [5.41, 5.74) is 8.92. The maximum absolute atomic E-state index is 6.45. The van der Waals surface area contributed by atoms with Crippen LogP contribution in [0.15, 0.2) is 18.2 Å². The predicted octanol–water partition coefficient (Wildman–Crippen LogP) is 1.48. The molecule has 1 aromatic rings. The van der Waals surface area contributed by atoms with Crippen LogP contribution >= 0.6 is 0 Å². The summed E-state index contributed by atoms with van der Waals surface area (Å²) in [5, 5.41) is 0. The van der Waals surface area contributed by atoms with Crippen molar-refractivity contribution in [1.82, 2.24) is 4.90 Å². The molecule has 20 heavy (non-hydrogen) atoms. The van der Waals surface area contributed by atoms with Crippen molar-refractivity contribution in [2.45, 2.75) is 37.5 Å². The molecule has 2 saturated heterocycles. The maximum atomic E-state index is 6.45. The molecule has 3 aliphatic heterocycles. The van der Waals surface area contributed by atoms with Crippen LogP contribution in [0.5, 0.6) is 5.75 Å². The summed E-state index contributed by atoms with van der Waals surface area (Å²) >= 11 is 0. The van der Waals surface area contributed by atoms with Gasteiger partial charge in [0, 0.05) is 19.0 Å². The Kier molecular flexibility index (Phi) is 3.17. The van der Waals surface area contributed by atoms with Gasteiger partial charge < -0.3 is 15.2 Å². The lowest BCUT2D eigenvalue weighted by atomic mass is 9.97. The summed E-state index contributed by atoms with van der Waals surface area (Å²) in [7, 11) is 0. The largest absolute Gasteiger partial charge is 0.493 e. The van der Waals surface area contributed by atoms with Gasteiger partial charge >= 0.3 is 0 Å². The van der Waals surface area contributed by atoms with Gasteiger partial charge in [0.05, 0.1) is 25.4 Å². The monoisotopic (exact) mass is 274 g/mol. The molecule has 3 heterocycles. The van der Waals surface area contributed by atoms with Gasteiger partial charge in [-0.3, -0.25) is 4.90 Å². The standard InChI is InChI=1S/C16H22N2O2/c17-16(12-3-4-14-11(8-12)5-7-19-14)15-9-18-6-1-2-13(18)10-20-15/h3-4,8,13,15-16H,1-2,5-7,9-10,17H2. The summed E-state index contributed by atoms with van der Waals surface area (Å²) < 4.78 is 11.6. The number of morpholine rings is 1. The van der Waals surface area contributed by atoms with Gasteiger partial charge in [-0.05, 0) is 36.6 Å². The van der Waals surface area contributed by atoms with Gasteiger partial charge in [-0.25, -0.2) is 0 Å². The highest BCUT2D eigenvalue weighted by Gasteiger charge is 2.35. The quantitative estimate of drug-likeness (QED) is 0.887. The van der Waals surface area contributed by atoms with Gasteiger partial charge in [0.25, 0.3) is 0 Å². The third-order valence-electron chi connectivity index (χ3n) is 4.92. The fourth-order valence-electron chi connectivity index (χ4n) is 3.69. The van der Waals surface area contributed by atoms with E-state index < -0.39 is 0 Å². The molecule has 0 amide bonds. The summed E-state index contributed by atoms with van der Waals surface area (Å²) in [6.45, 7) is 3.81. The van der Waals surface area contributed by atoms with E-state index in [0.717, 1.165) is 31.9 Å². The molecule has 108 valence electrons. The topological polar surface area (TPSA) is 47.7 Å². The van der Waals surface area contributed by atoms with E-state index in [9.17, 15) is 0 Å². The second kappa shape index (κ2) is 5.02. The smallest absolute Gasteiger partial charge is 0.122 e. The number of ether oxygens (including phenoxy) is 2. The highest BCUT2D eigenvalue weighted by atomic mass is 16.5. The van der Waals surface area contributed by atoms with Crippen LogP contribution in [0.3, 0.4) is 0 Å². The molecule has 0 saturated carbocycles. The number of hydrogen-bond donors (Lipinski definition) is 1. The normalized spacial score (nSPS) is 30.6. The van der Waals surface area contributed by atoms with E-state index >= 15 is 0 Å². The van der Waals surface area contributed by atoms with Crippen LogP contribution in [0.25, 0.3) is 0 Å². The SMILES string of the molecule is NC(c1ccc2c(c1)CCO2)C1CN2CCCC2CO1. The van der Waals surface area contributed by atoms with E-state index in [-0.39, 0.29) is 12.1 Å². The van der Waals surface area contributed by atoms with E-state index in [4.69, 9.17) is 15.2 Å². The first kappa shape index (κ1) is 12.6. The van der Waals surface area contributed by atoms with Crippen LogP contribution in [0, 0.1) is 0 Å². The van der Waals surface area contributed by atoms with Crippen molar-refractivity contribution < 1.29 is 9.47 Å². The van der Waals surface area contributed by atoms with Crippen LogP contribution in [0.4, 0.5) is 0 Å². The molecule has 0 spiro atoms. The Bertz CT molecular complexity index is 505. The summed E-state index contributed by atoms with van der Waals surface area (Å²) in [6.07, 6.45) is 3.68. The molecule has 1 aromatic carbocycles. The van der Waals surface area contributed by atoms with E-state index in [1.165, 1.54) is 30.5 Å². The molecular formula is C16H22N2O2. The zero-order valence-electron chi connectivity index (χ0n) is 11.8. The molecule has 4 heteroatoms. The van der Waals surface area contributed by atoms with Crippen LogP contribution < -0.4 is 10.5 Å². The molecular weight excluding hydrogens is 252 g/mol. The van der Waals surface area contributed by atoms with E-state index in [1.807, 2.05) is 0 Å². The molecule has 3 unspecified atom stereocenters. The van der Waals surface area contributed by atoms with Crippen molar-refractivity contribution in [3.63, 3.8) is 0 Å². The van der Waals surface area contributed by atoms with Crippen molar-refractivity contribution in [3.05, 3.63) is 29.3 Å². The Morgan fingerprint density at radius 1 is 1.35 bits per heavy atom. The third kappa shape index (κ3) is 2.12. The second-order valence-corrected chi connectivity index (χ2v) is 6.15. The van der Waals surface area contributed by atoms with E-state index in [2.05, 4.69) is 23.1 Å². The van der Waals surface area contributed by atoms with Gasteiger partial charge in [0.15, 0.2) is 0 Å². The Morgan fingerprint density at radius 2 is 2.30 bits per heavy atom. The summed E-state index contributed by atoms with van der Waals surface area (Å²) in [4.78, 5) is 2.55. The molecule has 4 nitrogen and oxygen atoms in total. The van der Waals surface area contributed by atoms with Crippen LogP contribution in [-0.4, -0.2) is 43.3 Å². The Hall–Kier alpha value is -1.10. The molecule has 2 fully saturated rings. The lowest BCUT2D eigenvalue weighted by molar-refractivity contribution is -0.0597. The highest BCUT2D eigenvalue weighted by Crippen LogP contribution is 2.31. The van der Waals surface area contributed by atoms with Crippen LogP contribution in [0.1, 0.15) is 30.0 Å². The third-order valence-corrected chi connectivity index (χ3v) is 4.92. The average Bonchev–Trinajstić information content (AvgIpc) is 3.13. The molecule has 2 N–H and O–H groups in total. The fraction of sp³-hybridized carbons (Fsp3) is 0.625. The van der Waals surface area contributed by atoms with Crippen molar-refractivity contribution in [2.75, 3.05) is 26.3 Å². The lowest BCUT2D eigenvalue weighted by Gasteiger charge is -2.37. The zero-order chi connectivity index (χ0) is 13.5. The molecule has 0 radical (unpaired) electrons. The number of nitrogens with two attached hydrogens (primary N) is 1. The fourth-order valence-corrected chi connectivity index (χ4v) is 3.69. The van der Waals surface area contributed by atoms with Gasteiger partial charge in [-0.2, -0.15) is 0 Å². The first-order chi connectivity index (χ1) is 9.81. The maximum Gasteiger partial charge on any atom is 0.122 e. The summed E-state index contributed by atoms with van der Waals surface area (Å²) in [5.74, 6) is 1.02. The highest BCUT2D eigenvalue weighted by molar-refractivity contribution is 5.41. The van der Waals surface area contributed by atoms with Crippen LogP contribution in [0.2, 0.25) is 0 Å². The molecule has 0 aromatic heterocycles. The molecule has 0 aliphatic carbocycles. The number of nitrogens with zero attached hydrogens (tertiary/aromatic N) is 1. The van der Waals surface area contributed by atoms with Gasteiger partial charge in [-0.1, -0.05) is 12.1 Å². The molecule has 4 rings (SSSR count). The van der Waals surface area contributed by atoms with Crippen molar-refractivity contribution in [1.29, 1.82) is 0 Å². The van der Waals surface area contributed by atoms with Gasteiger partial charge in [-0.15, -0.1) is 0 Å². The minimum absolute atomic E-state index is 0.0394. The van der Waals surface area contributed by atoms with E-state index in [1.54, 1.807) is 0 Å². The first-order valence-electron chi connectivity index (χ1n) is 7.68. The van der Waals surface area contributed by atoms with Crippen molar-refractivity contribution >= 4 is 0 Å². The minimum Gasteiger partial charge on any atom is -0.493 e. The molecule has 3 atom stereocenters. The predicted molar refractivity (Wildman–Crippen MR) is 76.9 cm³/mol. The van der Waals surface area contributed by atoms with Gasteiger partial charge in [0.1, 0.15) is 5.75 Å². The van der Waals surface area contributed by atoms with Crippen molar-refractivity contribution in [2.24, 2.45) is 5.73 Å². The van der Waals surface area contributed by atoms with Crippen LogP contribution in [-0.2, 0) is 11.2 Å². The number of benzene rings is 1. The second-order valence-electron chi connectivity index (χ2n) is 6.15. The minimum atomic E-state index is -0.0394. The first-order valence-corrected chi connectivity index (χ1v) is 7.68. The Labute approximate surface area is 119 Å².